The summed E-state index contributed by atoms with van der Waals surface area (Å²) in [5, 5.41) is 11.9. The van der Waals surface area contributed by atoms with Gasteiger partial charge in [0.15, 0.2) is 11.6 Å². The molecule has 1 aliphatic carbocycles. The van der Waals surface area contributed by atoms with E-state index in [-0.39, 0.29) is 30.0 Å². The summed E-state index contributed by atoms with van der Waals surface area (Å²) in [5.74, 6) is -4.61. The van der Waals surface area contributed by atoms with Crippen molar-refractivity contribution in [3.63, 3.8) is 0 Å². The van der Waals surface area contributed by atoms with Gasteiger partial charge >= 0.3 is 5.97 Å². The molecule has 0 aliphatic heterocycles. The number of benzene rings is 1. The maximum absolute atomic E-state index is 13.8. The van der Waals surface area contributed by atoms with E-state index in [1.807, 2.05) is 0 Å². The summed E-state index contributed by atoms with van der Waals surface area (Å²) in [6.07, 6.45) is 1.96. The van der Waals surface area contributed by atoms with Crippen LogP contribution in [-0.2, 0) is 4.79 Å². The summed E-state index contributed by atoms with van der Waals surface area (Å²) in [7, 11) is 1.63. The number of carboxylic acid groups (broad SMARTS) is 1. The zero-order valence-electron chi connectivity index (χ0n) is 10.8. The van der Waals surface area contributed by atoms with Crippen LogP contribution in [0.25, 0.3) is 0 Å². The van der Waals surface area contributed by atoms with Crippen molar-refractivity contribution in [2.45, 2.75) is 24.8 Å². The fraction of sp³-hybridized carbons (Fsp3) is 0.357. The number of rotatable bonds is 3. The van der Waals surface area contributed by atoms with Crippen LogP contribution in [0.3, 0.4) is 0 Å². The molecule has 1 aromatic rings. The molecule has 0 aromatic heterocycles. The van der Waals surface area contributed by atoms with E-state index in [1.165, 1.54) is 6.08 Å². The number of halogens is 3. The van der Waals surface area contributed by atoms with E-state index < -0.39 is 29.3 Å². The van der Waals surface area contributed by atoms with Gasteiger partial charge in [0.05, 0.1) is 0 Å². The number of carbonyl (C=O) groups is 1. The number of carboxylic acids is 1. The summed E-state index contributed by atoms with van der Waals surface area (Å²) < 4.78 is 40.0. The van der Waals surface area contributed by atoms with Crippen molar-refractivity contribution >= 4 is 5.97 Å². The maximum Gasteiger partial charge on any atom is 0.331 e. The Bertz CT molecular complexity index is 572. The van der Waals surface area contributed by atoms with Crippen LogP contribution in [0.1, 0.15) is 24.3 Å². The fourth-order valence-electron chi connectivity index (χ4n) is 2.54. The summed E-state index contributed by atoms with van der Waals surface area (Å²) in [4.78, 5) is 10.9. The predicted molar refractivity (Wildman–Crippen MR) is 66.9 cm³/mol. The van der Waals surface area contributed by atoms with Gasteiger partial charge in [-0.3, -0.25) is 0 Å². The second kappa shape index (κ2) is 5.66. The summed E-state index contributed by atoms with van der Waals surface area (Å²) in [5.41, 5.74) is 0.299. The van der Waals surface area contributed by atoms with Gasteiger partial charge in [-0.05, 0) is 31.5 Å². The zero-order chi connectivity index (χ0) is 14.9. The van der Waals surface area contributed by atoms with E-state index in [1.54, 1.807) is 7.05 Å². The van der Waals surface area contributed by atoms with Gasteiger partial charge in [-0.15, -0.1) is 0 Å². The number of hydrogen-bond acceptors (Lipinski definition) is 2. The smallest absolute Gasteiger partial charge is 0.331 e. The molecule has 0 radical (unpaired) electrons. The highest BCUT2D eigenvalue weighted by Gasteiger charge is 2.30. The lowest BCUT2D eigenvalue weighted by Crippen LogP contribution is -2.36. The first-order chi connectivity index (χ1) is 9.43. The number of hydrogen-bond donors (Lipinski definition) is 2. The Morgan fingerprint density at radius 2 is 1.90 bits per heavy atom. The van der Waals surface area contributed by atoms with Crippen LogP contribution in [0.5, 0.6) is 0 Å². The normalized spacial score (nSPS) is 22.5. The third-order valence-corrected chi connectivity index (χ3v) is 3.63. The molecule has 1 aromatic carbocycles. The molecule has 0 fully saturated rings. The molecule has 0 amide bonds. The molecule has 2 atom stereocenters. The van der Waals surface area contributed by atoms with Crippen LogP contribution < -0.4 is 5.32 Å². The third kappa shape index (κ3) is 2.70. The molecule has 0 saturated heterocycles. The van der Waals surface area contributed by atoms with E-state index in [0.717, 1.165) is 6.07 Å². The standard InChI is InChI=1S/C14H14F3NO2/c1-18-13-4-7(14(19)20)2-3-8(13)9-5-11(16)12(17)6-10(9)15/h2,5-6,8,13,18H,3-4H2,1H3,(H,19,20)/t8-,13+/m1/s1. The molecule has 3 nitrogen and oxygen atoms in total. The Labute approximate surface area is 114 Å². The SMILES string of the molecule is CN[C@H]1CC(C(=O)O)=CC[C@@H]1c1cc(F)c(F)cc1F. The van der Waals surface area contributed by atoms with Crippen molar-refractivity contribution in [1.29, 1.82) is 0 Å². The molecule has 0 heterocycles. The van der Waals surface area contributed by atoms with Gasteiger partial charge in [-0.2, -0.15) is 0 Å². The average Bonchev–Trinajstić information content (AvgIpc) is 2.42. The van der Waals surface area contributed by atoms with Gasteiger partial charge in [-0.1, -0.05) is 6.08 Å². The van der Waals surface area contributed by atoms with Crippen LogP contribution >= 0.6 is 0 Å². The topological polar surface area (TPSA) is 49.3 Å². The second-order valence-electron chi connectivity index (χ2n) is 4.76. The van der Waals surface area contributed by atoms with E-state index >= 15 is 0 Å². The highest BCUT2D eigenvalue weighted by molar-refractivity contribution is 5.86. The van der Waals surface area contributed by atoms with Crippen molar-refractivity contribution in [1.82, 2.24) is 5.32 Å². The van der Waals surface area contributed by atoms with E-state index in [9.17, 15) is 18.0 Å². The zero-order valence-corrected chi connectivity index (χ0v) is 10.8. The lowest BCUT2D eigenvalue weighted by atomic mass is 9.80. The number of likely N-dealkylation sites (N-methyl/N-ethyl adjacent to an activating group) is 1. The van der Waals surface area contributed by atoms with E-state index in [0.29, 0.717) is 6.07 Å². The van der Waals surface area contributed by atoms with Gasteiger partial charge in [0.25, 0.3) is 0 Å². The second-order valence-corrected chi connectivity index (χ2v) is 4.76. The minimum Gasteiger partial charge on any atom is -0.478 e. The molecule has 0 spiro atoms. The first kappa shape index (κ1) is 14.6. The monoisotopic (exact) mass is 285 g/mol. The Kier molecular flexibility index (Phi) is 4.13. The van der Waals surface area contributed by atoms with Crippen molar-refractivity contribution in [2.24, 2.45) is 0 Å². The van der Waals surface area contributed by atoms with Gasteiger partial charge in [0.2, 0.25) is 0 Å². The molecule has 2 N–H and O–H groups in total. The van der Waals surface area contributed by atoms with Crippen molar-refractivity contribution < 1.29 is 23.1 Å². The minimum absolute atomic E-state index is 0.0592. The Morgan fingerprint density at radius 3 is 2.50 bits per heavy atom. The average molecular weight is 285 g/mol. The Morgan fingerprint density at radius 1 is 1.25 bits per heavy atom. The fourth-order valence-corrected chi connectivity index (χ4v) is 2.54. The Hall–Kier alpha value is -1.82. The summed E-state index contributed by atoms with van der Waals surface area (Å²) in [6.45, 7) is 0. The van der Waals surface area contributed by atoms with Gasteiger partial charge in [-0.25, -0.2) is 18.0 Å². The van der Waals surface area contributed by atoms with Crippen LogP contribution in [0, 0.1) is 17.5 Å². The first-order valence-electron chi connectivity index (χ1n) is 6.18. The molecule has 1 aliphatic rings. The predicted octanol–water partition coefficient (Wildman–Crippen LogP) is 2.58. The van der Waals surface area contributed by atoms with Crippen molar-refractivity contribution in [2.75, 3.05) is 7.05 Å². The summed E-state index contributed by atoms with van der Waals surface area (Å²) in [6, 6.07) is 1.03. The minimum atomic E-state index is -1.23. The first-order valence-corrected chi connectivity index (χ1v) is 6.18. The van der Waals surface area contributed by atoms with E-state index in [4.69, 9.17) is 5.11 Å². The molecule has 6 heteroatoms. The van der Waals surface area contributed by atoms with Crippen molar-refractivity contribution in [3.8, 4) is 0 Å². The highest BCUT2D eigenvalue weighted by Crippen LogP contribution is 2.34. The molecular formula is C14H14F3NO2. The molecule has 20 heavy (non-hydrogen) atoms. The molecule has 108 valence electrons. The largest absolute Gasteiger partial charge is 0.478 e. The van der Waals surface area contributed by atoms with Gasteiger partial charge in [0.1, 0.15) is 5.82 Å². The van der Waals surface area contributed by atoms with Gasteiger partial charge in [0, 0.05) is 23.6 Å². The Balaban J connectivity index is 2.37. The molecule has 0 saturated carbocycles. The number of allylic oxidation sites excluding steroid dienone is 1. The van der Waals surface area contributed by atoms with Crippen LogP contribution in [0.15, 0.2) is 23.8 Å². The van der Waals surface area contributed by atoms with Crippen LogP contribution in [0.2, 0.25) is 0 Å². The molecule has 0 bridgehead atoms. The number of aliphatic carboxylic acids is 1. The highest BCUT2D eigenvalue weighted by atomic mass is 19.2. The quantitative estimate of drug-likeness (QED) is 0.839. The summed E-state index contributed by atoms with van der Waals surface area (Å²) >= 11 is 0. The van der Waals surface area contributed by atoms with Crippen LogP contribution in [0.4, 0.5) is 13.2 Å². The lowest BCUT2D eigenvalue weighted by Gasteiger charge is -2.30. The molecule has 2 rings (SSSR count). The maximum atomic E-state index is 13.8. The molecule has 0 unspecified atom stereocenters. The number of nitrogens with one attached hydrogen (secondary N) is 1. The lowest BCUT2D eigenvalue weighted by molar-refractivity contribution is -0.133. The van der Waals surface area contributed by atoms with Crippen LogP contribution in [-0.4, -0.2) is 24.2 Å². The van der Waals surface area contributed by atoms with E-state index in [2.05, 4.69) is 5.32 Å². The van der Waals surface area contributed by atoms with Crippen molar-refractivity contribution in [3.05, 3.63) is 46.8 Å². The third-order valence-electron chi connectivity index (χ3n) is 3.63. The van der Waals surface area contributed by atoms with Gasteiger partial charge < -0.3 is 10.4 Å². The molecular weight excluding hydrogens is 271 g/mol.